The fourth-order valence-electron chi connectivity index (χ4n) is 2.69. The Hall–Kier alpha value is -3.75. The average molecular weight is 488 g/mol. The minimum atomic E-state index is -1.73. The summed E-state index contributed by atoms with van der Waals surface area (Å²) in [7, 11) is 0. The molecule has 0 saturated heterocycles. The highest BCUT2D eigenvalue weighted by Crippen LogP contribution is 2.07. The lowest BCUT2D eigenvalue weighted by Gasteiger charge is -2.25. The van der Waals surface area contributed by atoms with Gasteiger partial charge in [0.2, 0.25) is 35.4 Å². The molecule has 0 aliphatic rings. The smallest absolute Gasteiger partial charge is 0.326 e. The van der Waals surface area contributed by atoms with E-state index in [1.807, 2.05) is 12.2 Å². The van der Waals surface area contributed by atoms with E-state index in [0.717, 1.165) is 0 Å². The molecule has 15 heteroatoms. The lowest BCUT2D eigenvalue weighted by Crippen LogP contribution is -2.58. The number of hydrogen-bond acceptors (Lipinski definition) is 8. The zero-order valence-corrected chi connectivity index (χ0v) is 19.0. The second-order valence-corrected chi connectivity index (χ2v) is 7.78. The van der Waals surface area contributed by atoms with Gasteiger partial charge in [0.15, 0.2) is 0 Å². The van der Waals surface area contributed by atoms with E-state index in [1.165, 1.54) is 0 Å². The van der Waals surface area contributed by atoms with Crippen molar-refractivity contribution in [2.24, 2.45) is 28.9 Å². The third-order valence-corrected chi connectivity index (χ3v) is 4.93. The maximum absolute atomic E-state index is 12.8. The Labute approximate surface area is 195 Å². The molecule has 0 aromatic rings. The average Bonchev–Trinajstić information content (AvgIpc) is 2.73. The van der Waals surface area contributed by atoms with Crippen LogP contribution >= 0.6 is 0 Å². The molecule has 0 aliphatic carbocycles. The van der Waals surface area contributed by atoms with Gasteiger partial charge in [-0.15, -0.1) is 0 Å². The third kappa shape index (κ3) is 11.2. The first-order valence-corrected chi connectivity index (χ1v) is 10.4. The second-order valence-electron chi connectivity index (χ2n) is 7.78. The topological polar surface area (TPSA) is 280 Å². The Morgan fingerprint density at radius 1 is 0.735 bits per heavy atom. The van der Waals surface area contributed by atoms with Gasteiger partial charge >= 0.3 is 5.97 Å². The van der Waals surface area contributed by atoms with Crippen molar-refractivity contribution in [1.29, 1.82) is 0 Å². The number of carboxylic acid groups (broad SMARTS) is 1. The summed E-state index contributed by atoms with van der Waals surface area (Å²) < 4.78 is 0. The van der Waals surface area contributed by atoms with Gasteiger partial charge in [-0.05, 0) is 12.3 Å². The van der Waals surface area contributed by atoms with Crippen molar-refractivity contribution < 1.29 is 38.7 Å². The van der Waals surface area contributed by atoms with Crippen LogP contribution < -0.4 is 38.9 Å². The van der Waals surface area contributed by atoms with Crippen molar-refractivity contribution in [3.8, 4) is 0 Å². The van der Waals surface area contributed by atoms with Gasteiger partial charge in [0, 0.05) is 6.42 Å². The molecule has 0 bridgehead atoms. The molecule has 0 fully saturated rings. The van der Waals surface area contributed by atoms with Crippen LogP contribution in [0.4, 0.5) is 0 Å². The normalized spacial score (nSPS) is 15.0. The van der Waals surface area contributed by atoms with Crippen molar-refractivity contribution in [1.82, 2.24) is 16.0 Å². The monoisotopic (exact) mass is 487 g/mol. The second kappa shape index (κ2) is 14.4. The molecule has 5 atom stereocenters. The van der Waals surface area contributed by atoms with Crippen LogP contribution in [0.3, 0.4) is 0 Å². The highest BCUT2D eigenvalue weighted by molar-refractivity contribution is 5.97. The van der Waals surface area contributed by atoms with E-state index in [2.05, 4.69) is 10.6 Å². The van der Waals surface area contributed by atoms with Crippen LogP contribution in [-0.2, 0) is 33.6 Å². The standard InChI is InChI=1S/C19H33N7O8/c1-3-8(2)15(23)18(32)24-9(4-5-12(20)27)16(30)25-10(6-13(21)28)17(31)26-11(19(33)34)7-14(22)29/h8-11,15H,3-7,23H2,1-2H3,(H2,20,27)(H2,21,28)(H2,22,29)(H,24,32)(H,25,30)(H,26,31)(H,33,34). The van der Waals surface area contributed by atoms with Gasteiger partial charge in [0.05, 0.1) is 18.9 Å². The molecule has 0 spiro atoms. The molecule has 0 saturated carbocycles. The molecule has 0 aliphatic heterocycles. The fourth-order valence-corrected chi connectivity index (χ4v) is 2.69. The summed E-state index contributed by atoms with van der Waals surface area (Å²) in [4.78, 5) is 82.6. The number of carboxylic acids is 1. The maximum atomic E-state index is 12.8. The molecule has 0 rings (SSSR count). The van der Waals surface area contributed by atoms with Gasteiger partial charge in [-0.25, -0.2) is 4.79 Å². The summed E-state index contributed by atoms with van der Waals surface area (Å²) in [6.45, 7) is 3.53. The number of carbonyl (C=O) groups is 7. The molecular formula is C19H33N7O8. The Balaban J connectivity index is 5.64. The highest BCUT2D eigenvalue weighted by Gasteiger charge is 2.32. The zero-order valence-electron chi connectivity index (χ0n) is 19.0. The summed E-state index contributed by atoms with van der Waals surface area (Å²) in [6.07, 6.45) is -1.45. The minimum Gasteiger partial charge on any atom is -0.480 e. The lowest BCUT2D eigenvalue weighted by molar-refractivity contribution is -0.144. The number of carbonyl (C=O) groups excluding carboxylic acids is 6. The fraction of sp³-hybridized carbons (Fsp3) is 0.632. The number of aliphatic carboxylic acids is 1. The first-order valence-electron chi connectivity index (χ1n) is 10.4. The lowest BCUT2D eigenvalue weighted by atomic mass is 9.98. The first kappa shape index (κ1) is 30.2. The van der Waals surface area contributed by atoms with Crippen LogP contribution in [0.25, 0.3) is 0 Å². The first-order chi connectivity index (χ1) is 15.7. The molecule has 12 N–H and O–H groups in total. The van der Waals surface area contributed by atoms with Gasteiger partial charge in [-0.1, -0.05) is 20.3 Å². The van der Waals surface area contributed by atoms with Crippen molar-refractivity contribution >= 4 is 41.4 Å². The van der Waals surface area contributed by atoms with E-state index in [4.69, 9.17) is 28.0 Å². The number of nitrogens with two attached hydrogens (primary N) is 4. The van der Waals surface area contributed by atoms with Crippen LogP contribution in [0, 0.1) is 5.92 Å². The maximum Gasteiger partial charge on any atom is 0.326 e. The van der Waals surface area contributed by atoms with E-state index in [0.29, 0.717) is 6.42 Å². The van der Waals surface area contributed by atoms with Gasteiger partial charge in [0.1, 0.15) is 18.1 Å². The predicted molar refractivity (Wildman–Crippen MR) is 117 cm³/mol. The highest BCUT2D eigenvalue weighted by atomic mass is 16.4. The van der Waals surface area contributed by atoms with Crippen LogP contribution in [0.1, 0.15) is 46.0 Å². The number of nitrogens with one attached hydrogen (secondary N) is 3. The Morgan fingerprint density at radius 2 is 1.18 bits per heavy atom. The van der Waals surface area contributed by atoms with E-state index in [1.54, 1.807) is 6.92 Å². The van der Waals surface area contributed by atoms with Crippen LogP contribution in [0.5, 0.6) is 0 Å². The van der Waals surface area contributed by atoms with Gasteiger partial charge in [0.25, 0.3) is 0 Å². The summed E-state index contributed by atoms with van der Waals surface area (Å²) in [5.74, 6) is -7.42. The van der Waals surface area contributed by atoms with Gasteiger partial charge in [-0.3, -0.25) is 28.8 Å². The van der Waals surface area contributed by atoms with Crippen molar-refractivity contribution in [2.75, 3.05) is 0 Å². The van der Waals surface area contributed by atoms with Crippen molar-refractivity contribution in [3.05, 3.63) is 0 Å². The van der Waals surface area contributed by atoms with Gasteiger partial charge in [-0.2, -0.15) is 0 Å². The van der Waals surface area contributed by atoms with E-state index < -0.39 is 78.4 Å². The molecule has 34 heavy (non-hydrogen) atoms. The molecule has 0 aromatic heterocycles. The quantitative estimate of drug-likeness (QED) is 0.105. The minimum absolute atomic E-state index is 0.230. The van der Waals surface area contributed by atoms with E-state index in [-0.39, 0.29) is 18.8 Å². The third-order valence-electron chi connectivity index (χ3n) is 4.93. The Kier molecular flexibility index (Phi) is 12.8. The number of amides is 6. The van der Waals surface area contributed by atoms with Gasteiger partial charge < -0.3 is 44.0 Å². The largest absolute Gasteiger partial charge is 0.480 e. The molecule has 192 valence electrons. The zero-order chi connectivity index (χ0) is 26.6. The van der Waals surface area contributed by atoms with Crippen LogP contribution in [0.15, 0.2) is 0 Å². The number of primary amides is 3. The Bertz CT molecular complexity index is 804. The molecular weight excluding hydrogens is 454 g/mol. The molecule has 15 nitrogen and oxygen atoms in total. The van der Waals surface area contributed by atoms with Crippen molar-refractivity contribution in [2.45, 2.75) is 70.1 Å². The van der Waals surface area contributed by atoms with Crippen LogP contribution in [0.2, 0.25) is 0 Å². The molecule has 0 heterocycles. The van der Waals surface area contributed by atoms with Crippen LogP contribution in [-0.4, -0.2) is 70.7 Å². The van der Waals surface area contributed by atoms with Crippen molar-refractivity contribution in [3.63, 3.8) is 0 Å². The molecule has 0 aromatic carbocycles. The summed E-state index contributed by atoms with van der Waals surface area (Å²) in [5.41, 5.74) is 21.0. The summed E-state index contributed by atoms with van der Waals surface area (Å²) >= 11 is 0. The molecule has 6 amide bonds. The van der Waals surface area contributed by atoms with E-state index >= 15 is 0 Å². The number of hydrogen-bond donors (Lipinski definition) is 8. The molecule has 0 radical (unpaired) electrons. The van der Waals surface area contributed by atoms with E-state index in [9.17, 15) is 33.6 Å². The number of rotatable bonds is 16. The summed E-state index contributed by atoms with van der Waals surface area (Å²) in [5, 5.41) is 15.7. The summed E-state index contributed by atoms with van der Waals surface area (Å²) in [6, 6.07) is -5.71. The predicted octanol–water partition coefficient (Wildman–Crippen LogP) is -4.08. The molecule has 5 unspecified atom stereocenters. The Morgan fingerprint density at radius 3 is 1.62 bits per heavy atom. The SMILES string of the molecule is CCC(C)C(N)C(=O)NC(CCC(N)=O)C(=O)NC(CC(N)=O)C(=O)NC(CC(N)=O)C(=O)O.